The minimum Gasteiger partial charge on any atom is -0.449 e. The highest BCUT2D eigenvalue weighted by Crippen LogP contribution is 2.45. The van der Waals surface area contributed by atoms with Gasteiger partial charge in [-0.05, 0) is 37.3 Å². The number of benzene rings is 1. The maximum absolute atomic E-state index is 5.92. The molecule has 0 atom stereocenters. The number of hydrogen-bond donors (Lipinski definition) is 0. The van der Waals surface area contributed by atoms with E-state index in [0.717, 1.165) is 17.9 Å². The summed E-state index contributed by atoms with van der Waals surface area (Å²) >= 11 is 0. The van der Waals surface area contributed by atoms with Crippen LogP contribution in [-0.4, -0.2) is 5.79 Å². The third-order valence-electron chi connectivity index (χ3n) is 3.32. The van der Waals surface area contributed by atoms with Gasteiger partial charge in [0.15, 0.2) is 11.5 Å². The molecule has 0 fully saturated rings. The summed E-state index contributed by atoms with van der Waals surface area (Å²) in [6.07, 6.45) is 7.26. The average molecular weight is 230 g/mol. The fraction of sp³-hybridized carbons (Fsp3) is 0.467. The molecular weight excluding hydrogens is 212 g/mol. The Hall–Kier alpha value is -1.44. The van der Waals surface area contributed by atoms with Crippen LogP contribution in [0.2, 0.25) is 0 Å². The van der Waals surface area contributed by atoms with Gasteiger partial charge in [-0.1, -0.05) is 18.2 Å². The summed E-state index contributed by atoms with van der Waals surface area (Å²) in [7, 11) is 0. The summed E-state index contributed by atoms with van der Waals surface area (Å²) < 4.78 is 11.7. The van der Waals surface area contributed by atoms with Crippen molar-refractivity contribution >= 4 is 5.57 Å². The van der Waals surface area contributed by atoms with Gasteiger partial charge in [0.25, 0.3) is 0 Å². The van der Waals surface area contributed by atoms with E-state index in [4.69, 9.17) is 9.47 Å². The summed E-state index contributed by atoms with van der Waals surface area (Å²) in [5, 5.41) is 0. The molecule has 2 nitrogen and oxygen atoms in total. The highest BCUT2D eigenvalue weighted by atomic mass is 16.7. The number of rotatable bonds is 1. The monoisotopic (exact) mass is 230 g/mol. The molecule has 0 radical (unpaired) electrons. The molecule has 1 heterocycles. The molecule has 0 spiro atoms. The highest BCUT2D eigenvalue weighted by Gasteiger charge is 2.33. The second kappa shape index (κ2) is 3.80. The number of hydrogen-bond acceptors (Lipinski definition) is 2. The molecule has 3 rings (SSSR count). The van der Waals surface area contributed by atoms with Gasteiger partial charge < -0.3 is 9.47 Å². The molecule has 1 aromatic rings. The van der Waals surface area contributed by atoms with E-state index >= 15 is 0 Å². The molecular formula is C15H18O2. The lowest BCUT2D eigenvalue weighted by Crippen LogP contribution is -2.29. The molecule has 0 bridgehead atoms. The molecule has 0 aromatic heterocycles. The maximum atomic E-state index is 5.92. The van der Waals surface area contributed by atoms with Crippen LogP contribution in [0.3, 0.4) is 0 Å². The molecule has 0 N–H and O–H groups in total. The van der Waals surface area contributed by atoms with Gasteiger partial charge in [-0.15, -0.1) is 0 Å². The normalized spacial score (nSPS) is 21.2. The molecule has 90 valence electrons. The minimum atomic E-state index is -0.534. The second-order valence-electron chi connectivity index (χ2n) is 5.21. The van der Waals surface area contributed by atoms with Gasteiger partial charge in [-0.25, -0.2) is 0 Å². The lowest BCUT2D eigenvalue weighted by Gasteiger charge is -2.18. The molecule has 0 saturated carbocycles. The first-order chi connectivity index (χ1) is 8.16. The van der Waals surface area contributed by atoms with E-state index in [2.05, 4.69) is 12.1 Å². The van der Waals surface area contributed by atoms with Crippen LogP contribution in [0.1, 0.15) is 45.1 Å². The fourth-order valence-corrected chi connectivity index (χ4v) is 2.57. The molecule has 0 amide bonds. The van der Waals surface area contributed by atoms with Crippen molar-refractivity contribution in [1.29, 1.82) is 0 Å². The van der Waals surface area contributed by atoms with Crippen molar-refractivity contribution in [2.24, 2.45) is 0 Å². The molecule has 1 aliphatic carbocycles. The number of ether oxygens (including phenoxy) is 2. The van der Waals surface area contributed by atoms with E-state index in [1.807, 2.05) is 26.0 Å². The largest absolute Gasteiger partial charge is 0.449 e. The molecule has 1 aliphatic heterocycles. The summed E-state index contributed by atoms with van der Waals surface area (Å²) in [4.78, 5) is 0. The lowest BCUT2D eigenvalue weighted by atomic mass is 9.93. The van der Waals surface area contributed by atoms with Crippen LogP contribution in [0, 0.1) is 0 Å². The predicted octanol–water partition coefficient (Wildman–Crippen LogP) is 4.15. The van der Waals surface area contributed by atoms with Gasteiger partial charge in [-0.3, -0.25) is 0 Å². The Kier molecular flexibility index (Phi) is 2.39. The van der Waals surface area contributed by atoms with E-state index in [1.54, 1.807) is 0 Å². The first kappa shape index (κ1) is 10.7. The Bertz CT molecular complexity index is 472. The Morgan fingerprint density at radius 1 is 1.12 bits per heavy atom. The first-order valence-electron chi connectivity index (χ1n) is 6.36. The fourth-order valence-electron chi connectivity index (χ4n) is 2.57. The van der Waals surface area contributed by atoms with E-state index < -0.39 is 5.79 Å². The quantitative estimate of drug-likeness (QED) is 0.721. The minimum absolute atomic E-state index is 0.534. The van der Waals surface area contributed by atoms with Gasteiger partial charge in [0.2, 0.25) is 5.79 Å². The molecule has 2 aliphatic rings. The number of para-hydroxylation sites is 1. The summed E-state index contributed by atoms with van der Waals surface area (Å²) in [5.74, 6) is 1.26. The predicted molar refractivity (Wildman–Crippen MR) is 68.2 cm³/mol. The van der Waals surface area contributed by atoms with Crippen LogP contribution in [0.4, 0.5) is 0 Å². The van der Waals surface area contributed by atoms with Crippen molar-refractivity contribution < 1.29 is 9.47 Å². The number of fused-ring (bicyclic) bond motifs is 1. The van der Waals surface area contributed by atoms with Gasteiger partial charge >= 0.3 is 0 Å². The van der Waals surface area contributed by atoms with Gasteiger partial charge in [0.05, 0.1) is 0 Å². The summed E-state index contributed by atoms with van der Waals surface area (Å²) in [6, 6.07) is 6.17. The topological polar surface area (TPSA) is 18.5 Å². The van der Waals surface area contributed by atoms with E-state index in [0.29, 0.717) is 0 Å². The Labute approximate surface area is 102 Å². The Balaban J connectivity index is 2.03. The van der Waals surface area contributed by atoms with E-state index in [9.17, 15) is 0 Å². The van der Waals surface area contributed by atoms with Crippen LogP contribution in [-0.2, 0) is 0 Å². The zero-order valence-electron chi connectivity index (χ0n) is 10.5. The first-order valence-corrected chi connectivity index (χ1v) is 6.36. The van der Waals surface area contributed by atoms with Gasteiger partial charge in [-0.2, -0.15) is 0 Å². The van der Waals surface area contributed by atoms with Crippen LogP contribution in [0.15, 0.2) is 24.3 Å². The van der Waals surface area contributed by atoms with Crippen LogP contribution >= 0.6 is 0 Å². The van der Waals surface area contributed by atoms with Crippen molar-refractivity contribution in [3.8, 4) is 11.5 Å². The average Bonchev–Trinajstić information content (AvgIpc) is 2.63. The highest BCUT2D eigenvalue weighted by molar-refractivity contribution is 5.74. The second-order valence-corrected chi connectivity index (χ2v) is 5.21. The van der Waals surface area contributed by atoms with Crippen molar-refractivity contribution in [1.82, 2.24) is 0 Å². The maximum Gasteiger partial charge on any atom is 0.246 e. The zero-order valence-corrected chi connectivity index (χ0v) is 10.5. The molecule has 1 aromatic carbocycles. The van der Waals surface area contributed by atoms with Crippen molar-refractivity contribution in [3.05, 3.63) is 29.8 Å². The van der Waals surface area contributed by atoms with Crippen LogP contribution in [0.5, 0.6) is 11.5 Å². The summed E-state index contributed by atoms with van der Waals surface area (Å²) in [5.41, 5.74) is 2.63. The van der Waals surface area contributed by atoms with Crippen molar-refractivity contribution in [2.45, 2.75) is 45.3 Å². The molecule has 2 heteroatoms. The summed E-state index contributed by atoms with van der Waals surface area (Å²) in [6.45, 7) is 3.90. The van der Waals surface area contributed by atoms with Crippen molar-refractivity contribution in [2.75, 3.05) is 0 Å². The zero-order chi connectivity index (χ0) is 11.9. The molecule has 17 heavy (non-hydrogen) atoms. The van der Waals surface area contributed by atoms with E-state index in [-0.39, 0.29) is 0 Å². The van der Waals surface area contributed by atoms with Crippen molar-refractivity contribution in [3.63, 3.8) is 0 Å². The SMILES string of the molecule is CC1(C)Oc2cccc(C3=CCCCC3)c2O1. The smallest absolute Gasteiger partial charge is 0.246 e. The van der Waals surface area contributed by atoms with Gasteiger partial charge in [0, 0.05) is 19.4 Å². The number of allylic oxidation sites excluding steroid dienone is 2. The lowest BCUT2D eigenvalue weighted by molar-refractivity contribution is -0.0432. The third-order valence-corrected chi connectivity index (χ3v) is 3.32. The standard InChI is InChI=1S/C15H18O2/c1-15(2)16-13-10-6-9-12(14(13)17-15)11-7-4-3-5-8-11/h6-7,9-10H,3-5,8H2,1-2H3. The molecule has 0 saturated heterocycles. The van der Waals surface area contributed by atoms with Crippen LogP contribution in [0.25, 0.3) is 5.57 Å². The third kappa shape index (κ3) is 1.92. The Morgan fingerprint density at radius 3 is 2.76 bits per heavy atom. The van der Waals surface area contributed by atoms with Crippen LogP contribution < -0.4 is 9.47 Å². The van der Waals surface area contributed by atoms with Gasteiger partial charge in [0.1, 0.15) is 0 Å². The molecule has 0 unspecified atom stereocenters. The van der Waals surface area contributed by atoms with E-state index in [1.165, 1.54) is 30.4 Å². The Morgan fingerprint density at radius 2 is 2.00 bits per heavy atom.